The lowest BCUT2D eigenvalue weighted by Gasteiger charge is -2.34. The van der Waals surface area contributed by atoms with E-state index in [0.29, 0.717) is 25.3 Å². The van der Waals surface area contributed by atoms with Crippen LogP contribution in [0.2, 0.25) is 0 Å². The van der Waals surface area contributed by atoms with E-state index in [0.717, 1.165) is 38.8 Å². The largest absolute Gasteiger partial charge is 0.358 e. The van der Waals surface area contributed by atoms with E-state index in [2.05, 4.69) is 10.6 Å². The molecule has 0 spiro atoms. The van der Waals surface area contributed by atoms with Gasteiger partial charge >= 0.3 is 0 Å². The van der Waals surface area contributed by atoms with Crippen LogP contribution in [0.25, 0.3) is 0 Å². The number of rotatable bonds is 5. The number of hydrogen-bond donors (Lipinski definition) is 2. The molecule has 0 aromatic heterocycles. The predicted octanol–water partition coefficient (Wildman–Crippen LogP) is 0.306. The summed E-state index contributed by atoms with van der Waals surface area (Å²) >= 11 is 0. The first-order chi connectivity index (χ1) is 10.0. The van der Waals surface area contributed by atoms with Crippen molar-refractivity contribution in [1.29, 1.82) is 0 Å². The zero-order chi connectivity index (χ0) is 15.3. The van der Waals surface area contributed by atoms with Crippen molar-refractivity contribution in [2.75, 3.05) is 32.4 Å². The Labute approximate surface area is 127 Å². The SMILES string of the molecule is CNC(=O)C1CCCCN1S(=O)(=O)CCC1CCNCC1. The minimum atomic E-state index is -3.33. The fourth-order valence-electron chi connectivity index (χ4n) is 3.27. The first-order valence-corrected chi connectivity index (χ1v) is 9.57. The van der Waals surface area contributed by atoms with Crippen LogP contribution in [0.1, 0.15) is 38.5 Å². The highest BCUT2D eigenvalue weighted by atomic mass is 32.2. The van der Waals surface area contributed by atoms with Crippen molar-refractivity contribution >= 4 is 15.9 Å². The molecule has 1 unspecified atom stereocenters. The molecule has 0 radical (unpaired) electrons. The van der Waals surface area contributed by atoms with Gasteiger partial charge in [-0.2, -0.15) is 4.31 Å². The molecular weight excluding hydrogens is 290 g/mol. The molecule has 1 atom stereocenters. The van der Waals surface area contributed by atoms with Crippen molar-refractivity contribution in [3.63, 3.8) is 0 Å². The predicted molar refractivity (Wildman–Crippen MR) is 82.4 cm³/mol. The van der Waals surface area contributed by atoms with Crippen LogP contribution in [0.5, 0.6) is 0 Å². The van der Waals surface area contributed by atoms with Crippen molar-refractivity contribution in [2.24, 2.45) is 5.92 Å². The second-order valence-electron chi connectivity index (χ2n) is 6.03. The summed E-state index contributed by atoms with van der Waals surface area (Å²) in [7, 11) is -1.77. The zero-order valence-corrected chi connectivity index (χ0v) is 13.6. The van der Waals surface area contributed by atoms with Gasteiger partial charge in [0.15, 0.2) is 0 Å². The highest BCUT2D eigenvalue weighted by molar-refractivity contribution is 7.89. The third kappa shape index (κ3) is 4.40. The highest BCUT2D eigenvalue weighted by Gasteiger charge is 2.36. The molecule has 0 saturated carbocycles. The molecule has 6 nitrogen and oxygen atoms in total. The Balaban J connectivity index is 1.96. The van der Waals surface area contributed by atoms with Gasteiger partial charge in [-0.25, -0.2) is 8.42 Å². The average Bonchev–Trinajstić information content (AvgIpc) is 2.53. The van der Waals surface area contributed by atoms with Crippen molar-refractivity contribution in [3.05, 3.63) is 0 Å². The van der Waals surface area contributed by atoms with Gasteiger partial charge in [-0.3, -0.25) is 4.79 Å². The normalized spacial score (nSPS) is 25.7. The van der Waals surface area contributed by atoms with Gasteiger partial charge in [0.2, 0.25) is 15.9 Å². The van der Waals surface area contributed by atoms with Crippen LogP contribution in [-0.2, 0) is 14.8 Å². The summed E-state index contributed by atoms with van der Waals surface area (Å²) in [6.07, 6.45) is 5.20. The van der Waals surface area contributed by atoms with Gasteiger partial charge in [-0.1, -0.05) is 6.42 Å². The van der Waals surface area contributed by atoms with Crippen molar-refractivity contribution in [3.8, 4) is 0 Å². The van der Waals surface area contributed by atoms with E-state index in [1.54, 1.807) is 7.05 Å². The molecule has 1 amide bonds. The standard InChI is InChI=1S/C14H27N3O3S/c1-15-14(18)13-4-2-3-10-17(13)21(19,20)11-7-12-5-8-16-9-6-12/h12-13,16H,2-11H2,1H3,(H,15,18). The summed E-state index contributed by atoms with van der Waals surface area (Å²) in [5.74, 6) is 0.481. The number of hydrogen-bond acceptors (Lipinski definition) is 4. The number of amides is 1. The van der Waals surface area contributed by atoms with Gasteiger partial charge in [-0.05, 0) is 51.1 Å². The number of likely N-dealkylation sites (N-methyl/N-ethyl adjacent to an activating group) is 1. The average molecular weight is 317 g/mol. The van der Waals surface area contributed by atoms with E-state index in [1.807, 2.05) is 0 Å². The lowest BCUT2D eigenvalue weighted by molar-refractivity contribution is -0.125. The number of nitrogens with one attached hydrogen (secondary N) is 2. The van der Waals surface area contributed by atoms with E-state index in [-0.39, 0.29) is 11.7 Å². The maximum absolute atomic E-state index is 12.6. The number of sulfonamides is 1. The van der Waals surface area contributed by atoms with Gasteiger partial charge in [0, 0.05) is 13.6 Å². The summed E-state index contributed by atoms with van der Waals surface area (Å²) in [6, 6.07) is -0.512. The van der Waals surface area contributed by atoms with Crippen LogP contribution in [0.3, 0.4) is 0 Å². The Kier molecular flexibility index (Phi) is 6.01. The second kappa shape index (κ2) is 7.56. The summed E-state index contributed by atoms with van der Waals surface area (Å²) < 4.78 is 26.6. The quantitative estimate of drug-likeness (QED) is 0.765. The lowest BCUT2D eigenvalue weighted by atomic mass is 9.96. The summed E-state index contributed by atoms with van der Waals surface area (Å²) in [4.78, 5) is 11.9. The number of piperidine rings is 2. The first-order valence-electron chi connectivity index (χ1n) is 7.96. The van der Waals surface area contributed by atoms with Crippen molar-refractivity contribution in [2.45, 2.75) is 44.6 Å². The summed E-state index contributed by atoms with van der Waals surface area (Å²) in [6.45, 7) is 2.44. The molecule has 122 valence electrons. The van der Waals surface area contributed by atoms with Gasteiger partial charge in [-0.15, -0.1) is 0 Å². The Morgan fingerprint density at radius 1 is 1.24 bits per heavy atom. The molecule has 0 aromatic rings. The molecule has 2 aliphatic rings. The number of carbonyl (C=O) groups is 1. The Hall–Kier alpha value is -0.660. The van der Waals surface area contributed by atoms with Gasteiger partial charge in [0.25, 0.3) is 0 Å². The Bertz CT molecular complexity index is 446. The molecule has 0 aromatic carbocycles. The van der Waals surface area contributed by atoms with E-state index in [4.69, 9.17) is 0 Å². The maximum atomic E-state index is 12.6. The third-order valence-corrected chi connectivity index (χ3v) is 6.51. The minimum absolute atomic E-state index is 0.172. The number of nitrogens with zero attached hydrogens (tertiary/aromatic N) is 1. The minimum Gasteiger partial charge on any atom is -0.358 e. The molecular formula is C14H27N3O3S. The van der Waals surface area contributed by atoms with E-state index in [1.165, 1.54) is 4.31 Å². The van der Waals surface area contributed by atoms with E-state index in [9.17, 15) is 13.2 Å². The third-order valence-electron chi connectivity index (χ3n) is 4.60. The maximum Gasteiger partial charge on any atom is 0.238 e. The van der Waals surface area contributed by atoms with Crippen LogP contribution in [0.15, 0.2) is 0 Å². The van der Waals surface area contributed by atoms with Gasteiger partial charge in [0.1, 0.15) is 6.04 Å². The molecule has 2 saturated heterocycles. The fraction of sp³-hybridized carbons (Fsp3) is 0.929. The van der Waals surface area contributed by atoms with Crippen LogP contribution in [0.4, 0.5) is 0 Å². The monoisotopic (exact) mass is 317 g/mol. The van der Waals surface area contributed by atoms with Crippen LogP contribution in [0, 0.1) is 5.92 Å². The summed E-state index contributed by atoms with van der Waals surface area (Å²) in [5, 5.41) is 5.88. The molecule has 2 fully saturated rings. The van der Waals surface area contributed by atoms with Crippen LogP contribution in [-0.4, -0.2) is 57.1 Å². The lowest BCUT2D eigenvalue weighted by Crippen LogP contribution is -2.51. The topological polar surface area (TPSA) is 78.5 Å². The zero-order valence-electron chi connectivity index (χ0n) is 12.8. The van der Waals surface area contributed by atoms with Crippen molar-refractivity contribution < 1.29 is 13.2 Å². The van der Waals surface area contributed by atoms with E-state index < -0.39 is 16.1 Å². The molecule has 0 bridgehead atoms. The van der Waals surface area contributed by atoms with Crippen molar-refractivity contribution in [1.82, 2.24) is 14.9 Å². The Morgan fingerprint density at radius 3 is 2.62 bits per heavy atom. The first kappa shape index (κ1) is 16.7. The van der Waals surface area contributed by atoms with Gasteiger partial charge in [0.05, 0.1) is 5.75 Å². The molecule has 2 heterocycles. The molecule has 0 aliphatic carbocycles. The Morgan fingerprint density at radius 2 is 1.95 bits per heavy atom. The van der Waals surface area contributed by atoms with Crippen LogP contribution >= 0.6 is 0 Å². The molecule has 7 heteroatoms. The second-order valence-corrected chi connectivity index (χ2v) is 8.08. The summed E-state index contributed by atoms with van der Waals surface area (Å²) in [5.41, 5.74) is 0. The number of carbonyl (C=O) groups excluding carboxylic acids is 1. The highest BCUT2D eigenvalue weighted by Crippen LogP contribution is 2.23. The smallest absolute Gasteiger partial charge is 0.238 e. The molecule has 2 N–H and O–H groups in total. The van der Waals surface area contributed by atoms with E-state index >= 15 is 0 Å². The fourth-order valence-corrected chi connectivity index (χ4v) is 5.13. The molecule has 2 aliphatic heterocycles. The molecule has 2 rings (SSSR count). The molecule has 21 heavy (non-hydrogen) atoms. The van der Waals surface area contributed by atoms with Crippen LogP contribution < -0.4 is 10.6 Å². The van der Waals surface area contributed by atoms with Gasteiger partial charge < -0.3 is 10.6 Å².